The molecule has 2 fully saturated rings. The number of rotatable bonds is 12. The van der Waals surface area contributed by atoms with E-state index in [1.807, 2.05) is 18.2 Å². The Kier molecular flexibility index (Phi) is 11.8. The summed E-state index contributed by atoms with van der Waals surface area (Å²) in [5, 5.41) is 8.49. The molecule has 0 aliphatic heterocycles. The van der Waals surface area contributed by atoms with Gasteiger partial charge in [-0.1, -0.05) is 75.1 Å². The average molecular weight is 448 g/mol. The number of benzene rings is 1. The zero-order valence-corrected chi connectivity index (χ0v) is 20.9. The van der Waals surface area contributed by atoms with E-state index in [1.54, 1.807) is 5.56 Å². The van der Waals surface area contributed by atoms with Gasteiger partial charge in [0, 0.05) is 12.7 Å². The van der Waals surface area contributed by atoms with E-state index in [9.17, 15) is 0 Å². The fraction of sp³-hybridized carbons (Fsp3) is 0.645. The number of unbranched alkanes of at least 4 members (excludes halogenated alkanes) is 2. The fourth-order valence-corrected chi connectivity index (χ4v) is 5.66. The molecular weight excluding hydrogens is 402 g/mol. The molecule has 180 valence electrons. The third-order valence-corrected chi connectivity index (χ3v) is 7.89. The van der Waals surface area contributed by atoms with Crippen molar-refractivity contribution in [2.75, 3.05) is 6.61 Å². The molecule has 0 spiro atoms. The van der Waals surface area contributed by atoms with Crippen LogP contribution in [0.15, 0.2) is 48.6 Å². The summed E-state index contributed by atoms with van der Waals surface area (Å²) < 4.78 is 6.41. The zero-order valence-electron chi connectivity index (χ0n) is 20.9. The highest BCUT2D eigenvalue weighted by Gasteiger charge is 2.25. The molecular formula is C31H45NO. The lowest BCUT2D eigenvalue weighted by atomic mass is 9.80. The van der Waals surface area contributed by atoms with E-state index < -0.39 is 0 Å². The quantitative estimate of drug-likeness (QED) is 0.182. The van der Waals surface area contributed by atoms with Gasteiger partial charge in [-0.3, -0.25) is 0 Å². The summed E-state index contributed by atoms with van der Waals surface area (Å²) in [6.45, 7) is 3.25. The molecule has 3 rings (SSSR count). The normalized spacial score (nSPS) is 26.1. The summed E-state index contributed by atoms with van der Waals surface area (Å²) in [4.78, 5) is 0. The minimum atomic E-state index is 0.485. The van der Waals surface area contributed by atoms with E-state index in [2.05, 4.69) is 37.3 Å². The second-order valence-electron chi connectivity index (χ2n) is 10.4. The molecule has 0 bridgehead atoms. The van der Waals surface area contributed by atoms with E-state index in [1.165, 1.54) is 95.1 Å². The number of nitriles is 1. The van der Waals surface area contributed by atoms with E-state index in [-0.39, 0.29) is 0 Å². The van der Waals surface area contributed by atoms with Crippen molar-refractivity contribution >= 4 is 0 Å². The van der Waals surface area contributed by atoms with Crippen LogP contribution in [0.25, 0.3) is 0 Å². The van der Waals surface area contributed by atoms with Gasteiger partial charge in [0.1, 0.15) is 0 Å². The number of aryl methyl sites for hydroxylation is 1. The van der Waals surface area contributed by atoms with Crippen molar-refractivity contribution in [2.24, 2.45) is 11.8 Å². The molecule has 0 saturated heterocycles. The van der Waals surface area contributed by atoms with Crippen LogP contribution >= 0.6 is 0 Å². The molecule has 0 heterocycles. The van der Waals surface area contributed by atoms with Gasteiger partial charge in [0.2, 0.25) is 0 Å². The highest BCUT2D eigenvalue weighted by molar-refractivity contribution is 5.26. The predicted octanol–water partition coefficient (Wildman–Crippen LogP) is 8.68. The third kappa shape index (κ3) is 9.50. The molecule has 2 heteroatoms. The van der Waals surface area contributed by atoms with Crippen LogP contribution < -0.4 is 0 Å². The largest absolute Gasteiger partial charge is 0.378 e. The van der Waals surface area contributed by atoms with Crippen molar-refractivity contribution < 1.29 is 4.74 Å². The second-order valence-corrected chi connectivity index (χ2v) is 10.4. The highest BCUT2D eigenvalue weighted by Crippen LogP contribution is 2.36. The van der Waals surface area contributed by atoms with Gasteiger partial charge in [0.15, 0.2) is 0 Å². The first-order valence-corrected chi connectivity index (χ1v) is 13.7. The van der Waals surface area contributed by atoms with Crippen LogP contribution in [0.2, 0.25) is 0 Å². The maximum absolute atomic E-state index is 8.49. The first-order valence-electron chi connectivity index (χ1n) is 13.7. The molecule has 2 nitrogen and oxygen atoms in total. The van der Waals surface area contributed by atoms with E-state index >= 15 is 0 Å². The average Bonchev–Trinajstić information content (AvgIpc) is 2.86. The smallest absolute Gasteiger partial charge is 0.0912 e. The summed E-state index contributed by atoms with van der Waals surface area (Å²) in [5.74, 6) is 2.38. The van der Waals surface area contributed by atoms with Crippen LogP contribution in [0.5, 0.6) is 0 Å². The van der Waals surface area contributed by atoms with E-state index in [4.69, 9.17) is 10.00 Å². The number of ether oxygens (including phenoxy) is 1. The van der Waals surface area contributed by atoms with Gasteiger partial charge in [-0.25, -0.2) is 0 Å². The predicted molar refractivity (Wildman–Crippen MR) is 139 cm³/mol. The Balaban J connectivity index is 1.27. The Bertz CT molecular complexity index is 740. The lowest BCUT2D eigenvalue weighted by Gasteiger charge is -2.32. The van der Waals surface area contributed by atoms with Crippen LogP contribution in [-0.4, -0.2) is 12.7 Å². The molecule has 0 radical (unpaired) electrons. The topological polar surface area (TPSA) is 33.0 Å². The maximum Gasteiger partial charge on any atom is 0.0912 e. The molecule has 0 atom stereocenters. The Hall–Kier alpha value is -1.85. The lowest BCUT2D eigenvalue weighted by Crippen LogP contribution is -2.25. The molecule has 1 aromatic carbocycles. The Morgan fingerprint density at radius 1 is 0.909 bits per heavy atom. The van der Waals surface area contributed by atoms with Crippen molar-refractivity contribution in [3.8, 4) is 6.07 Å². The first-order chi connectivity index (χ1) is 16.3. The molecule has 0 amide bonds. The Morgan fingerprint density at radius 3 is 2.33 bits per heavy atom. The summed E-state index contributed by atoms with van der Waals surface area (Å²) in [5.41, 5.74) is 3.05. The number of hydrogen-bond acceptors (Lipinski definition) is 2. The van der Waals surface area contributed by atoms with Crippen molar-refractivity contribution in [1.29, 1.82) is 5.26 Å². The molecule has 0 unspecified atom stereocenters. The van der Waals surface area contributed by atoms with Crippen LogP contribution in [0.3, 0.4) is 0 Å². The fourth-order valence-electron chi connectivity index (χ4n) is 5.66. The molecule has 2 aliphatic carbocycles. The van der Waals surface area contributed by atoms with Crippen LogP contribution in [0, 0.1) is 23.2 Å². The molecule has 33 heavy (non-hydrogen) atoms. The van der Waals surface area contributed by atoms with Gasteiger partial charge in [-0.05, 0) is 93.1 Å². The third-order valence-electron chi connectivity index (χ3n) is 7.89. The highest BCUT2D eigenvalue weighted by atomic mass is 16.5. The van der Waals surface area contributed by atoms with Gasteiger partial charge in [0.25, 0.3) is 0 Å². The molecule has 2 aliphatic rings. The Morgan fingerprint density at radius 2 is 1.64 bits per heavy atom. The van der Waals surface area contributed by atoms with Gasteiger partial charge in [0.05, 0.1) is 12.2 Å². The molecule has 1 aromatic rings. The van der Waals surface area contributed by atoms with Crippen LogP contribution in [0.1, 0.15) is 107 Å². The maximum atomic E-state index is 8.49. The number of allylic oxidation sites excluding steroid dienone is 4. The number of nitrogens with zero attached hydrogens (tertiary/aromatic N) is 1. The van der Waals surface area contributed by atoms with Gasteiger partial charge < -0.3 is 4.74 Å². The summed E-state index contributed by atoms with van der Waals surface area (Å²) in [6.07, 6.45) is 26.0. The standard InChI is InChI=1S/C31H45NO/c1-2-3-7-10-27-16-18-29(19-17-27)30-20-22-31(23-21-30)33-25-28-14-12-26(13-15-28)11-8-5-4-6-9-24-32/h4-6,9,16-19,26,28,30-31H,2-3,7-8,10-15,20-23,25H2,1H3. The zero-order chi connectivity index (χ0) is 23.1. The molecule has 2 saturated carbocycles. The van der Waals surface area contributed by atoms with Crippen molar-refractivity contribution in [2.45, 2.75) is 109 Å². The SMILES string of the molecule is CCCCCc1ccc(C2CCC(OCC3CCC(CCC=CC=CC#N)CC3)CC2)cc1. The lowest BCUT2D eigenvalue weighted by molar-refractivity contribution is -0.00474. The van der Waals surface area contributed by atoms with E-state index in [0.29, 0.717) is 6.10 Å². The second kappa shape index (κ2) is 15.1. The van der Waals surface area contributed by atoms with Crippen molar-refractivity contribution in [3.63, 3.8) is 0 Å². The minimum absolute atomic E-state index is 0.485. The molecule has 0 aromatic heterocycles. The van der Waals surface area contributed by atoms with Crippen molar-refractivity contribution in [1.82, 2.24) is 0 Å². The minimum Gasteiger partial charge on any atom is -0.378 e. The van der Waals surface area contributed by atoms with Crippen molar-refractivity contribution in [3.05, 3.63) is 59.7 Å². The van der Waals surface area contributed by atoms with Gasteiger partial charge in [-0.2, -0.15) is 5.26 Å². The summed E-state index contributed by atoms with van der Waals surface area (Å²) in [7, 11) is 0. The monoisotopic (exact) mass is 447 g/mol. The summed E-state index contributed by atoms with van der Waals surface area (Å²) in [6, 6.07) is 11.5. The van der Waals surface area contributed by atoms with Crippen LogP contribution in [-0.2, 0) is 11.2 Å². The Labute approximate surface area is 203 Å². The number of hydrogen-bond donors (Lipinski definition) is 0. The summed E-state index contributed by atoms with van der Waals surface area (Å²) >= 11 is 0. The first kappa shape index (κ1) is 25.8. The molecule has 0 N–H and O–H groups in total. The van der Waals surface area contributed by atoms with E-state index in [0.717, 1.165) is 30.8 Å². The van der Waals surface area contributed by atoms with Crippen LogP contribution in [0.4, 0.5) is 0 Å². The van der Waals surface area contributed by atoms with Gasteiger partial charge in [-0.15, -0.1) is 0 Å². The van der Waals surface area contributed by atoms with Gasteiger partial charge >= 0.3 is 0 Å².